The molecule has 2 rings (SSSR count). The van der Waals surface area contributed by atoms with Gasteiger partial charge < -0.3 is 5.11 Å². The molecule has 0 aliphatic rings. The summed E-state index contributed by atoms with van der Waals surface area (Å²) in [6.07, 6.45) is 0. The molecule has 0 spiro atoms. The van der Waals surface area contributed by atoms with Crippen molar-refractivity contribution in [3.05, 3.63) is 54.9 Å². The van der Waals surface area contributed by atoms with Crippen LogP contribution in [0.2, 0.25) is 25.1 Å². The van der Waals surface area contributed by atoms with E-state index in [1.54, 1.807) is 6.07 Å². The zero-order valence-electron chi connectivity index (χ0n) is 9.55. The van der Waals surface area contributed by atoms with Gasteiger partial charge >= 0.3 is 5.97 Å². The summed E-state index contributed by atoms with van der Waals surface area (Å²) in [6, 6.07) is 5.88. The average molecular weight is 370 g/mol. The number of hydrogen-bond acceptors (Lipinski definition) is 1. The molecule has 0 saturated carbocycles. The number of hydrogen-bond donors (Lipinski definition) is 1. The zero-order valence-corrected chi connectivity index (χ0v) is 13.3. The van der Waals surface area contributed by atoms with Crippen molar-refractivity contribution in [1.29, 1.82) is 0 Å². The summed E-state index contributed by atoms with van der Waals surface area (Å²) in [5, 5.41) is 9.99. The van der Waals surface area contributed by atoms with Crippen molar-refractivity contribution in [3.63, 3.8) is 0 Å². The highest BCUT2D eigenvalue weighted by Gasteiger charge is 2.18. The summed E-state index contributed by atoms with van der Waals surface area (Å²) in [6.45, 7) is 0. The van der Waals surface area contributed by atoms with E-state index in [4.69, 9.17) is 63.1 Å². The lowest BCUT2D eigenvalue weighted by Gasteiger charge is -2.11. The maximum absolute atomic E-state index is 11.1. The van der Waals surface area contributed by atoms with E-state index >= 15 is 0 Å². The van der Waals surface area contributed by atoms with E-state index in [0.29, 0.717) is 11.1 Å². The lowest BCUT2D eigenvalue weighted by Crippen LogP contribution is -1.98. The van der Waals surface area contributed by atoms with Gasteiger partial charge in [-0.15, -0.1) is 0 Å². The number of carbonyl (C=O) groups is 1. The van der Waals surface area contributed by atoms with Crippen molar-refractivity contribution in [1.82, 2.24) is 0 Å². The molecule has 2 aromatic carbocycles. The van der Waals surface area contributed by atoms with Crippen molar-refractivity contribution in [2.75, 3.05) is 0 Å². The van der Waals surface area contributed by atoms with E-state index in [-0.39, 0.29) is 30.7 Å². The van der Waals surface area contributed by atoms with Gasteiger partial charge in [-0.05, 0) is 23.8 Å². The smallest absolute Gasteiger partial charge is 0.337 e. The molecule has 0 aliphatic heterocycles. The molecule has 0 saturated heterocycles. The fourth-order valence-corrected chi connectivity index (χ4v) is 3.00. The van der Waals surface area contributed by atoms with Gasteiger partial charge in [0.2, 0.25) is 0 Å². The number of aromatic carboxylic acids is 1. The van der Waals surface area contributed by atoms with Crippen LogP contribution in [0.1, 0.15) is 10.4 Å². The van der Waals surface area contributed by atoms with Crippen molar-refractivity contribution in [2.45, 2.75) is 0 Å². The summed E-state index contributed by atoms with van der Waals surface area (Å²) in [5.41, 5.74) is 0.838. The number of rotatable bonds is 2. The minimum Gasteiger partial charge on any atom is -0.478 e. The summed E-state index contributed by atoms with van der Waals surface area (Å²) < 4.78 is 0. The second-order valence-corrected chi connectivity index (χ2v) is 5.82. The van der Waals surface area contributed by atoms with Crippen LogP contribution in [0.5, 0.6) is 0 Å². The van der Waals surface area contributed by atoms with Crippen LogP contribution < -0.4 is 0 Å². The van der Waals surface area contributed by atoms with Gasteiger partial charge in [0.05, 0.1) is 30.7 Å². The molecule has 0 aromatic heterocycles. The first kappa shape index (κ1) is 15.7. The molecule has 0 heterocycles. The van der Waals surface area contributed by atoms with Crippen molar-refractivity contribution in [3.8, 4) is 11.1 Å². The van der Waals surface area contributed by atoms with E-state index in [0.717, 1.165) is 0 Å². The molecule has 0 aliphatic carbocycles. The molecule has 0 unspecified atom stereocenters. The Kier molecular flexibility index (Phi) is 4.73. The van der Waals surface area contributed by atoms with Gasteiger partial charge in [-0.25, -0.2) is 4.79 Å². The molecule has 0 amide bonds. The summed E-state index contributed by atoms with van der Waals surface area (Å²) in [4.78, 5) is 11.1. The first-order valence-corrected chi connectivity index (χ1v) is 7.08. The van der Waals surface area contributed by atoms with Gasteiger partial charge in [0, 0.05) is 5.56 Å². The third-order valence-electron chi connectivity index (χ3n) is 2.60. The van der Waals surface area contributed by atoms with Crippen molar-refractivity contribution >= 4 is 64.0 Å². The fraction of sp³-hybridized carbons (Fsp3) is 0. The molecule has 7 heteroatoms. The van der Waals surface area contributed by atoms with Gasteiger partial charge in [-0.2, -0.15) is 0 Å². The van der Waals surface area contributed by atoms with Crippen LogP contribution in [-0.4, -0.2) is 11.1 Å². The molecule has 0 bridgehead atoms. The van der Waals surface area contributed by atoms with Crippen LogP contribution in [0.4, 0.5) is 0 Å². The number of halogens is 5. The summed E-state index contributed by atoms with van der Waals surface area (Å²) in [5.74, 6) is -1.15. The maximum atomic E-state index is 11.1. The third-order valence-corrected chi connectivity index (χ3v) is 4.49. The summed E-state index contributed by atoms with van der Waals surface area (Å²) >= 11 is 29.9. The van der Waals surface area contributed by atoms with E-state index in [9.17, 15) is 4.79 Å². The Morgan fingerprint density at radius 1 is 0.850 bits per heavy atom. The monoisotopic (exact) mass is 368 g/mol. The highest BCUT2D eigenvalue weighted by Crippen LogP contribution is 2.43. The van der Waals surface area contributed by atoms with E-state index < -0.39 is 5.97 Å². The predicted octanol–water partition coefficient (Wildman–Crippen LogP) is 6.32. The highest BCUT2D eigenvalue weighted by molar-refractivity contribution is 6.51. The number of carboxylic acids is 1. The SMILES string of the molecule is O=C(O)c1cc(-c2c(Cl)cc(Cl)c(Cl)c2Cl)ccc1Cl. The zero-order chi connectivity index (χ0) is 15.0. The van der Waals surface area contributed by atoms with Crippen molar-refractivity contribution < 1.29 is 9.90 Å². The third kappa shape index (κ3) is 2.85. The molecule has 1 N–H and O–H groups in total. The molecular weight excluding hydrogens is 365 g/mol. The molecule has 2 nitrogen and oxygen atoms in total. The lowest BCUT2D eigenvalue weighted by molar-refractivity contribution is 0.0697. The van der Waals surface area contributed by atoms with Gasteiger partial charge in [0.1, 0.15) is 0 Å². The number of benzene rings is 2. The second-order valence-electron chi connectivity index (χ2n) is 3.84. The minimum absolute atomic E-state index is 0.0534. The topological polar surface area (TPSA) is 37.3 Å². The van der Waals surface area contributed by atoms with Gasteiger partial charge in [-0.1, -0.05) is 64.1 Å². The Bertz CT molecular complexity index is 712. The van der Waals surface area contributed by atoms with E-state index in [2.05, 4.69) is 0 Å². The first-order chi connectivity index (χ1) is 9.32. The highest BCUT2D eigenvalue weighted by atomic mass is 35.5. The molecule has 20 heavy (non-hydrogen) atoms. The average Bonchev–Trinajstić information content (AvgIpc) is 2.37. The summed E-state index contributed by atoms with van der Waals surface area (Å²) in [7, 11) is 0. The van der Waals surface area contributed by atoms with Crippen LogP contribution in [0.25, 0.3) is 11.1 Å². The van der Waals surface area contributed by atoms with Crippen LogP contribution in [0.3, 0.4) is 0 Å². The van der Waals surface area contributed by atoms with E-state index in [1.807, 2.05) is 0 Å². The largest absolute Gasteiger partial charge is 0.478 e. The Balaban J connectivity index is 2.72. The lowest BCUT2D eigenvalue weighted by atomic mass is 10.0. The number of carboxylic acid groups (broad SMARTS) is 1. The Morgan fingerprint density at radius 2 is 1.50 bits per heavy atom. The fourth-order valence-electron chi connectivity index (χ4n) is 1.68. The molecule has 0 fully saturated rings. The Labute approximate surface area is 139 Å². The van der Waals surface area contributed by atoms with Crippen LogP contribution in [-0.2, 0) is 0 Å². The van der Waals surface area contributed by atoms with Gasteiger partial charge in [-0.3, -0.25) is 0 Å². The first-order valence-electron chi connectivity index (χ1n) is 5.19. The minimum atomic E-state index is -1.15. The Hall–Kier alpha value is -0.640. The Morgan fingerprint density at radius 3 is 2.10 bits per heavy atom. The van der Waals surface area contributed by atoms with Crippen LogP contribution >= 0.6 is 58.0 Å². The van der Waals surface area contributed by atoms with Gasteiger partial charge in [0.15, 0.2) is 0 Å². The predicted molar refractivity (Wildman–Crippen MR) is 83.9 cm³/mol. The molecule has 2 aromatic rings. The molecule has 0 atom stereocenters. The maximum Gasteiger partial charge on any atom is 0.337 e. The molecular formula is C13H5Cl5O2. The van der Waals surface area contributed by atoms with Crippen LogP contribution in [0.15, 0.2) is 24.3 Å². The standard InChI is InChI=1S/C13H5Cl5O2/c14-7-2-1-5(3-6(7)13(19)20)10-8(15)4-9(16)11(17)12(10)18/h1-4H,(H,19,20). The van der Waals surface area contributed by atoms with Crippen molar-refractivity contribution in [2.24, 2.45) is 0 Å². The van der Waals surface area contributed by atoms with Crippen LogP contribution in [0, 0.1) is 0 Å². The molecule has 104 valence electrons. The second kappa shape index (κ2) is 6.00. The molecule has 0 radical (unpaired) electrons. The van der Waals surface area contributed by atoms with Gasteiger partial charge in [0.25, 0.3) is 0 Å². The van der Waals surface area contributed by atoms with E-state index in [1.165, 1.54) is 18.2 Å². The normalized spacial score (nSPS) is 10.7. The quantitative estimate of drug-likeness (QED) is 0.496.